The van der Waals surface area contributed by atoms with Gasteiger partial charge in [0, 0.05) is 12.6 Å². The van der Waals surface area contributed by atoms with Crippen molar-refractivity contribution in [1.29, 1.82) is 0 Å². The molecule has 0 unspecified atom stereocenters. The summed E-state index contributed by atoms with van der Waals surface area (Å²) >= 11 is 0.916. The van der Waals surface area contributed by atoms with E-state index >= 15 is 0 Å². The molecule has 0 radical (unpaired) electrons. The van der Waals surface area contributed by atoms with Crippen LogP contribution in [0.5, 0.6) is 0 Å². The van der Waals surface area contributed by atoms with Crippen molar-refractivity contribution in [2.45, 2.75) is 58.3 Å². The molecule has 0 bridgehead atoms. The zero-order valence-corrected chi connectivity index (χ0v) is 22.1. The van der Waals surface area contributed by atoms with E-state index in [1.54, 1.807) is 18.3 Å². The van der Waals surface area contributed by atoms with Crippen LogP contribution in [0.1, 0.15) is 61.2 Å². The molecule has 1 aliphatic carbocycles. The Kier molecular flexibility index (Phi) is 8.15. The number of carbonyl (C=O) groups excluding carboxylic acids is 2. The monoisotopic (exact) mass is 511 g/mol. The van der Waals surface area contributed by atoms with E-state index in [2.05, 4.69) is 70.7 Å². The first kappa shape index (κ1) is 25.4. The number of aromatic nitrogens is 2. The van der Waals surface area contributed by atoms with Crippen molar-refractivity contribution in [3.63, 3.8) is 0 Å². The average Bonchev–Trinajstić information content (AvgIpc) is 3.21. The van der Waals surface area contributed by atoms with Crippen molar-refractivity contribution in [2.24, 2.45) is 11.8 Å². The third-order valence-corrected chi connectivity index (χ3v) is 8.30. The van der Waals surface area contributed by atoms with Crippen molar-refractivity contribution in [3.8, 4) is 11.1 Å². The number of nitrogens with one attached hydrogen (secondary N) is 1. The molecule has 5 rings (SSSR count). The molecule has 2 aliphatic rings. The maximum absolute atomic E-state index is 11.8. The minimum Gasteiger partial charge on any atom is -0.282 e. The maximum Gasteiger partial charge on any atom is 0.290 e. The highest BCUT2D eigenvalue weighted by Gasteiger charge is 2.25. The number of hydrogen-bond donors (Lipinski definition) is 1. The van der Waals surface area contributed by atoms with Gasteiger partial charge in [-0.15, -0.1) is 0 Å². The number of amides is 2. The van der Waals surface area contributed by atoms with E-state index in [-0.39, 0.29) is 11.1 Å². The molecule has 1 aromatic heterocycles. The van der Waals surface area contributed by atoms with Gasteiger partial charge in [-0.2, -0.15) is 0 Å². The second-order valence-corrected chi connectivity index (χ2v) is 11.3. The molecule has 0 spiro atoms. The number of imide groups is 1. The first-order valence-corrected chi connectivity index (χ1v) is 14.1. The number of carbonyl (C=O) groups is 2. The van der Waals surface area contributed by atoms with Crippen LogP contribution in [0.3, 0.4) is 0 Å². The van der Waals surface area contributed by atoms with E-state index in [1.165, 1.54) is 60.8 Å². The smallest absolute Gasteiger partial charge is 0.282 e. The number of nitrogens with zero attached hydrogens (tertiary/aromatic N) is 2. The van der Waals surface area contributed by atoms with Gasteiger partial charge in [0.25, 0.3) is 11.1 Å². The maximum atomic E-state index is 11.8. The zero-order valence-electron chi connectivity index (χ0n) is 21.3. The Labute approximate surface area is 223 Å². The van der Waals surface area contributed by atoms with Crippen LogP contribution in [0.25, 0.3) is 17.2 Å². The van der Waals surface area contributed by atoms with Gasteiger partial charge in [-0.3, -0.25) is 14.9 Å². The molecule has 3 aromatic rings. The quantitative estimate of drug-likeness (QED) is 0.325. The van der Waals surface area contributed by atoms with Crippen LogP contribution in [0, 0.1) is 18.8 Å². The number of benzene rings is 2. The van der Waals surface area contributed by atoms with Gasteiger partial charge in [-0.05, 0) is 85.0 Å². The molecular weight excluding hydrogens is 478 g/mol. The fraction of sp³-hybridized carbons (Fsp3) is 0.355. The van der Waals surface area contributed by atoms with Gasteiger partial charge < -0.3 is 0 Å². The molecule has 2 aromatic carbocycles. The molecule has 190 valence electrons. The molecule has 1 saturated carbocycles. The molecule has 0 atom stereocenters. The summed E-state index contributed by atoms with van der Waals surface area (Å²) in [6, 6.07) is 19.4. The summed E-state index contributed by atoms with van der Waals surface area (Å²) in [5.74, 6) is 1.87. The Morgan fingerprint density at radius 2 is 1.81 bits per heavy atom. The molecular formula is C31H33N3O2S. The normalized spacial score (nSPS) is 20.8. The molecule has 2 heterocycles. The first-order valence-electron chi connectivity index (χ1n) is 13.3. The highest BCUT2D eigenvalue weighted by atomic mass is 32.2. The van der Waals surface area contributed by atoms with Crippen molar-refractivity contribution in [3.05, 3.63) is 88.3 Å². The number of thioether (sulfide) groups is 1. The summed E-state index contributed by atoms with van der Waals surface area (Å²) in [6.07, 6.45) is 12.9. The lowest BCUT2D eigenvalue weighted by molar-refractivity contribution is -0.115. The molecule has 1 N–H and O–H groups in total. The first-order chi connectivity index (χ1) is 18.0. The van der Waals surface area contributed by atoms with Crippen LogP contribution < -0.4 is 5.32 Å². The van der Waals surface area contributed by atoms with Crippen molar-refractivity contribution < 1.29 is 9.59 Å². The minimum atomic E-state index is -0.355. The summed E-state index contributed by atoms with van der Waals surface area (Å²) < 4.78 is 0. The fourth-order valence-electron chi connectivity index (χ4n) is 5.55. The van der Waals surface area contributed by atoms with Gasteiger partial charge in [0.15, 0.2) is 0 Å². The Hall–Kier alpha value is -3.25. The predicted molar refractivity (Wildman–Crippen MR) is 150 cm³/mol. The summed E-state index contributed by atoms with van der Waals surface area (Å²) in [6.45, 7) is 2.15. The van der Waals surface area contributed by atoms with Gasteiger partial charge in [0.1, 0.15) is 5.82 Å². The lowest BCUT2D eigenvalue weighted by Crippen LogP contribution is -2.18. The minimum absolute atomic E-state index is 0.335. The standard InChI is InChI=1S/C31H33N3O2S/c1-21-6-4-10-25(18-21)27-11-3-2-8-24(27)9-5-7-22-12-14-23(15-13-22)19-29-32-17-16-26(33-29)20-28-30(35)34-31(36)37-28/h2-4,6,8,10-11,16-18,20,22-23H,5,7,9,12-15,19H2,1H3,(H,34,35,36)/b28-20-. The summed E-state index contributed by atoms with van der Waals surface area (Å²) in [5.41, 5.74) is 6.11. The molecule has 1 saturated heterocycles. The summed E-state index contributed by atoms with van der Waals surface area (Å²) in [5, 5.41) is 1.95. The topological polar surface area (TPSA) is 72.0 Å². The van der Waals surface area contributed by atoms with E-state index < -0.39 is 0 Å². The summed E-state index contributed by atoms with van der Waals surface area (Å²) in [7, 11) is 0. The van der Waals surface area contributed by atoms with Gasteiger partial charge in [-0.25, -0.2) is 9.97 Å². The molecule has 2 fully saturated rings. The van der Waals surface area contributed by atoms with Crippen LogP contribution in [0.2, 0.25) is 0 Å². The van der Waals surface area contributed by atoms with Gasteiger partial charge >= 0.3 is 0 Å². The second-order valence-electron chi connectivity index (χ2n) is 10.3. The number of hydrogen-bond acceptors (Lipinski definition) is 5. The average molecular weight is 512 g/mol. The van der Waals surface area contributed by atoms with Crippen LogP contribution >= 0.6 is 11.8 Å². The predicted octanol–water partition coefficient (Wildman–Crippen LogP) is 7.15. The van der Waals surface area contributed by atoms with Crippen molar-refractivity contribution >= 4 is 29.0 Å². The van der Waals surface area contributed by atoms with Crippen LogP contribution in [-0.4, -0.2) is 21.1 Å². The Bertz CT molecular complexity index is 1310. The van der Waals surface area contributed by atoms with E-state index in [0.29, 0.717) is 16.5 Å². The molecule has 5 nitrogen and oxygen atoms in total. The SMILES string of the molecule is Cc1cccc(-c2ccccc2CCCC2CCC(Cc3nccc(/C=C4\SC(=O)NC4=O)n3)CC2)c1. The molecule has 37 heavy (non-hydrogen) atoms. The third kappa shape index (κ3) is 6.75. The van der Waals surface area contributed by atoms with E-state index in [9.17, 15) is 9.59 Å². The highest BCUT2D eigenvalue weighted by Crippen LogP contribution is 2.34. The van der Waals surface area contributed by atoms with E-state index in [0.717, 1.165) is 36.3 Å². The van der Waals surface area contributed by atoms with Crippen molar-refractivity contribution in [2.75, 3.05) is 0 Å². The van der Waals surface area contributed by atoms with Gasteiger partial charge in [-0.1, -0.05) is 73.4 Å². The van der Waals surface area contributed by atoms with E-state index in [1.807, 2.05) is 0 Å². The number of aryl methyl sites for hydroxylation is 2. The van der Waals surface area contributed by atoms with Gasteiger partial charge in [0.2, 0.25) is 0 Å². The Morgan fingerprint density at radius 3 is 2.59 bits per heavy atom. The molecule has 6 heteroatoms. The third-order valence-electron chi connectivity index (χ3n) is 7.49. The van der Waals surface area contributed by atoms with Crippen LogP contribution in [0.15, 0.2) is 65.7 Å². The number of rotatable bonds is 8. The summed E-state index contributed by atoms with van der Waals surface area (Å²) in [4.78, 5) is 32.7. The molecule has 1 aliphatic heterocycles. The van der Waals surface area contributed by atoms with Crippen LogP contribution in [-0.2, 0) is 17.6 Å². The zero-order chi connectivity index (χ0) is 25.6. The van der Waals surface area contributed by atoms with Crippen molar-refractivity contribution in [1.82, 2.24) is 15.3 Å². The lowest BCUT2D eigenvalue weighted by atomic mass is 9.78. The highest BCUT2D eigenvalue weighted by molar-refractivity contribution is 8.18. The fourth-order valence-corrected chi connectivity index (χ4v) is 6.21. The second kappa shape index (κ2) is 11.9. The van der Waals surface area contributed by atoms with Gasteiger partial charge in [0.05, 0.1) is 10.6 Å². The Balaban J connectivity index is 1.10. The van der Waals surface area contributed by atoms with E-state index in [4.69, 9.17) is 0 Å². The van der Waals surface area contributed by atoms with Crippen LogP contribution in [0.4, 0.5) is 4.79 Å². The largest absolute Gasteiger partial charge is 0.290 e. The molecule has 2 amide bonds. The lowest BCUT2D eigenvalue weighted by Gasteiger charge is -2.28. The Morgan fingerprint density at radius 1 is 1.00 bits per heavy atom.